The van der Waals surface area contributed by atoms with E-state index in [1.807, 2.05) is 0 Å². The van der Waals surface area contributed by atoms with E-state index in [1.165, 1.54) is 0 Å². The number of anilines is 1. The Morgan fingerprint density at radius 2 is 1.89 bits per heavy atom. The smallest absolute Gasteiger partial charge is 0.259 e. The Kier molecular flexibility index (Phi) is 2.41. The molecule has 0 aromatic heterocycles. The number of hydrogen-bond acceptors (Lipinski definition) is 4. The van der Waals surface area contributed by atoms with Gasteiger partial charge < -0.3 is 4.90 Å². The minimum Gasteiger partial charge on any atom is -0.311 e. The number of rotatable bonds is 1. The number of fused-ring (bicyclic) bond motifs is 1. The van der Waals surface area contributed by atoms with Crippen LogP contribution in [-0.4, -0.2) is 29.5 Å². The van der Waals surface area contributed by atoms with E-state index in [4.69, 9.17) is 0 Å². The largest absolute Gasteiger partial charge is 0.311 e. The maximum absolute atomic E-state index is 11.7. The standard InChI is InChI=1S/C12H10N2O3S/c15-10-4-7(18)5-14(10)6-1-2-8-9(3-6)12(17)13-11(8)16/h1-3,7,18H,4-5H2,(H,13,16,17). The first-order valence-electron chi connectivity index (χ1n) is 5.54. The summed E-state index contributed by atoms with van der Waals surface area (Å²) in [5.41, 5.74) is 1.32. The average molecular weight is 262 g/mol. The Hall–Kier alpha value is -1.82. The van der Waals surface area contributed by atoms with E-state index in [2.05, 4.69) is 17.9 Å². The van der Waals surface area contributed by atoms with Crippen molar-refractivity contribution in [1.82, 2.24) is 5.32 Å². The van der Waals surface area contributed by atoms with Crippen LogP contribution in [0.25, 0.3) is 0 Å². The van der Waals surface area contributed by atoms with E-state index in [0.29, 0.717) is 29.8 Å². The predicted molar refractivity (Wildman–Crippen MR) is 68.0 cm³/mol. The number of benzene rings is 1. The van der Waals surface area contributed by atoms with Crippen LogP contribution in [0.2, 0.25) is 0 Å². The van der Waals surface area contributed by atoms with Gasteiger partial charge >= 0.3 is 0 Å². The van der Waals surface area contributed by atoms with E-state index in [0.717, 1.165) is 0 Å². The molecule has 0 aliphatic carbocycles. The predicted octanol–water partition coefficient (Wildman–Crippen LogP) is 0.605. The lowest BCUT2D eigenvalue weighted by Crippen LogP contribution is -2.24. The number of carbonyl (C=O) groups is 3. The third-order valence-electron chi connectivity index (χ3n) is 3.14. The minimum atomic E-state index is -0.411. The van der Waals surface area contributed by atoms with E-state index < -0.39 is 5.91 Å². The lowest BCUT2D eigenvalue weighted by atomic mass is 10.1. The zero-order valence-corrected chi connectivity index (χ0v) is 10.2. The molecule has 2 heterocycles. The molecule has 1 atom stereocenters. The second kappa shape index (κ2) is 3.84. The Morgan fingerprint density at radius 3 is 2.56 bits per heavy atom. The normalized spacial score (nSPS) is 22.4. The molecular weight excluding hydrogens is 252 g/mol. The maximum Gasteiger partial charge on any atom is 0.259 e. The summed E-state index contributed by atoms with van der Waals surface area (Å²) in [4.78, 5) is 36.3. The molecule has 3 amide bonds. The average Bonchev–Trinajstić information content (AvgIpc) is 2.80. The highest BCUT2D eigenvalue weighted by Crippen LogP contribution is 2.27. The summed E-state index contributed by atoms with van der Waals surface area (Å²) >= 11 is 4.28. The zero-order chi connectivity index (χ0) is 12.9. The van der Waals surface area contributed by atoms with Gasteiger partial charge in [-0.1, -0.05) is 0 Å². The van der Waals surface area contributed by atoms with Crippen molar-refractivity contribution >= 4 is 36.0 Å². The number of thiol groups is 1. The molecular formula is C12H10N2O3S. The highest BCUT2D eigenvalue weighted by atomic mass is 32.1. The molecule has 0 saturated carbocycles. The summed E-state index contributed by atoms with van der Waals surface area (Å²) < 4.78 is 0. The maximum atomic E-state index is 11.7. The van der Waals surface area contributed by atoms with Gasteiger partial charge in [0.25, 0.3) is 11.8 Å². The van der Waals surface area contributed by atoms with Gasteiger partial charge in [-0.25, -0.2) is 0 Å². The number of hydrogen-bond donors (Lipinski definition) is 2. The van der Waals surface area contributed by atoms with E-state index in [-0.39, 0.29) is 17.1 Å². The van der Waals surface area contributed by atoms with Gasteiger partial charge in [0.05, 0.1) is 11.1 Å². The van der Waals surface area contributed by atoms with Crippen LogP contribution in [0.5, 0.6) is 0 Å². The third-order valence-corrected chi connectivity index (χ3v) is 3.48. The van der Waals surface area contributed by atoms with Crippen molar-refractivity contribution in [2.24, 2.45) is 0 Å². The molecule has 6 heteroatoms. The molecule has 1 fully saturated rings. The van der Waals surface area contributed by atoms with Gasteiger partial charge in [0, 0.05) is 23.9 Å². The van der Waals surface area contributed by atoms with Crippen LogP contribution in [0.15, 0.2) is 18.2 Å². The van der Waals surface area contributed by atoms with Gasteiger partial charge in [-0.2, -0.15) is 12.6 Å². The lowest BCUT2D eigenvalue weighted by molar-refractivity contribution is -0.117. The van der Waals surface area contributed by atoms with Crippen LogP contribution in [-0.2, 0) is 4.79 Å². The van der Waals surface area contributed by atoms with E-state index in [9.17, 15) is 14.4 Å². The van der Waals surface area contributed by atoms with E-state index >= 15 is 0 Å². The Balaban J connectivity index is 2.01. The van der Waals surface area contributed by atoms with Gasteiger partial charge in [-0.15, -0.1) is 0 Å². The van der Waals surface area contributed by atoms with Gasteiger partial charge in [0.1, 0.15) is 0 Å². The SMILES string of the molecule is O=C1NC(=O)c2cc(N3CC(S)CC3=O)ccc21. The Bertz CT molecular complexity index is 585. The summed E-state index contributed by atoms with van der Waals surface area (Å²) in [6.07, 6.45) is 0.394. The fourth-order valence-corrected chi connectivity index (χ4v) is 2.58. The number of nitrogens with one attached hydrogen (secondary N) is 1. The van der Waals surface area contributed by atoms with Crippen molar-refractivity contribution in [3.05, 3.63) is 29.3 Å². The molecule has 5 nitrogen and oxygen atoms in total. The molecule has 3 rings (SSSR count). The van der Waals surface area contributed by atoms with Gasteiger partial charge in [-0.05, 0) is 18.2 Å². The molecule has 0 spiro atoms. The number of amides is 3. The van der Waals surface area contributed by atoms with Crippen LogP contribution in [0.3, 0.4) is 0 Å². The fourth-order valence-electron chi connectivity index (χ4n) is 2.26. The molecule has 92 valence electrons. The van der Waals surface area contributed by atoms with Crippen molar-refractivity contribution in [2.75, 3.05) is 11.4 Å². The summed E-state index contributed by atoms with van der Waals surface area (Å²) in [7, 11) is 0. The number of imide groups is 1. The topological polar surface area (TPSA) is 66.5 Å². The van der Waals surface area contributed by atoms with Crippen molar-refractivity contribution in [1.29, 1.82) is 0 Å². The number of carbonyl (C=O) groups excluding carboxylic acids is 3. The molecule has 2 aliphatic heterocycles. The lowest BCUT2D eigenvalue weighted by Gasteiger charge is -2.16. The molecule has 1 N–H and O–H groups in total. The second-order valence-corrected chi connectivity index (χ2v) is 5.11. The first-order valence-corrected chi connectivity index (χ1v) is 6.06. The quantitative estimate of drug-likeness (QED) is 0.575. The fraction of sp³-hybridized carbons (Fsp3) is 0.250. The molecule has 0 bridgehead atoms. The first kappa shape index (κ1) is 11.3. The first-order chi connectivity index (χ1) is 8.56. The molecule has 2 aliphatic rings. The summed E-state index contributed by atoms with van der Waals surface area (Å²) in [5.74, 6) is -0.813. The van der Waals surface area contributed by atoms with E-state index in [1.54, 1.807) is 23.1 Å². The Morgan fingerprint density at radius 1 is 1.17 bits per heavy atom. The zero-order valence-electron chi connectivity index (χ0n) is 9.34. The van der Waals surface area contributed by atoms with Gasteiger partial charge in [0.15, 0.2) is 0 Å². The van der Waals surface area contributed by atoms with Crippen LogP contribution >= 0.6 is 12.6 Å². The second-order valence-electron chi connectivity index (χ2n) is 4.38. The van der Waals surface area contributed by atoms with Crippen molar-refractivity contribution in [3.63, 3.8) is 0 Å². The summed E-state index contributed by atoms with van der Waals surface area (Å²) in [5, 5.41) is 2.24. The highest BCUT2D eigenvalue weighted by molar-refractivity contribution is 7.81. The van der Waals surface area contributed by atoms with Crippen LogP contribution < -0.4 is 10.2 Å². The van der Waals surface area contributed by atoms with Gasteiger partial charge in [0.2, 0.25) is 5.91 Å². The summed E-state index contributed by atoms with van der Waals surface area (Å²) in [6.45, 7) is 0.524. The molecule has 1 unspecified atom stereocenters. The Labute approximate surface area is 109 Å². The molecule has 1 aromatic carbocycles. The van der Waals surface area contributed by atoms with Crippen molar-refractivity contribution in [2.45, 2.75) is 11.7 Å². The van der Waals surface area contributed by atoms with Gasteiger partial charge in [-0.3, -0.25) is 19.7 Å². The van der Waals surface area contributed by atoms with Crippen molar-refractivity contribution in [3.8, 4) is 0 Å². The minimum absolute atomic E-state index is 0.0142. The van der Waals surface area contributed by atoms with Crippen LogP contribution in [0.4, 0.5) is 5.69 Å². The molecule has 18 heavy (non-hydrogen) atoms. The molecule has 1 saturated heterocycles. The number of nitrogens with zero attached hydrogens (tertiary/aromatic N) is 1. The highest BCUT2D eigenvalue weighted by Gasteiger charge is 2.31. The monoisotopic (exact) mass is 262 g/mol. The molecule has 1 aromatic rings. The van der Waals surface area contributed by atoms with Crippen LogP contribution in [0.1, 0.15) is 27.1 Å². The van der Waals surface area contributed by atoms with Crippen molar-refractivity contribution < 1.29 is 14.4 Å². The van der Waals surface area contributed by atoms with Crippen LogP contribution in [0, 0.1) is 0 Å². The summed E-state index contributed by atoms with van der Waals surface area (Å²) in [6, 6.07) is 4.84. The third kappa shape index (κ3) is 1.60. The molecule has 0 radical (unpaired) electrons.